The summed E-state index contributed by atoms with van der Waals surface area (Å²) in [5.41, 5.74) is 18.5. The fourth-order valence-electron chi connectivity index (χ4n) is 12.0. The van der Waals surface area contributed by atoms with E-state index in [1.807, 2.05) is 0 Å². The summed E-state index contributed by atoms with van der Waals surface area (Å²) in [4.78, 5) is 0. The molecule has 0 spiro atoms. The molecule has 4 atom stereocenters. The molecule has 0 bridgehead atoms. The molecule has 0 aliphatic heterocycles. The third-order valence-electron chi connectivity index (χ3n) is 14.7. The Bertz CT molecular complexity index is 3030. The second kappa shape index (κ2) is 10.6. The number of hydrogen-bond acceptors (Lipinski definition) is 0. The van der Waals surface area contributed by atoms with Gasteiger partial charge in [0.05, 0.1) is 16.6 Å². The van der Waals surface area contributed by atoms with E-state index in [2.05, 4.69) is 163 Å². The van der Waals surface area contributed by atoms with Gasteiger partial charge in [0.2, 0.25) is 0 Å². The fraction of sp³-hybridized carbons (Fsp3) is 0.245. The van der Waals surface area contributed by atoms with Crippen LogP contribution in [0.15, 0.2) is 127 Å². The molecule has 55 heavy (non-hydrogen) atoms. The summed E-state index contributed by atoms with van der Waals surface area (Å²) >= 11 is 0. The average molecular weight is 709 g/mol. The lowest BCUT2D eigenvalue weighted by atomic mass is 9.68. The summed E-state index contributed by atoms with van der Waals surface area (Å²) < 4.78 is 5.57. The van der Waals surface area contributed by atoms with Crippen molar-refractivity contribution in [3.05, 3.63) is 166 Å². The van der Waals surface area contributed by atoms with Gasteiger partial charge in [0.25, 0.3) is 0 Å². The second-order valence-corrected chi connectivity index (χ2v) is 17.9. The van der Waals surface area contributed by atoms with Gasteiger partial charge in [-0.05, 0) is 100 Å². The smallest absolute Gasteiger partial charge is 0.0553 e. The maximum atomic E-state index is 2.89. The summed E-state index contributed by atoms with van der Waals surface area (Å²) in [5, 5.41) is 5.72. The summed E-state index contributed by atoms with van der Waals surface area (Å²) in [5.74, 6) is 1.77. The van der Waals surface area contributed by atoms with Gasteiger partial charge >= 0.3 is 0 Å². The van der Waals surface area contributed by atoms with Crippen LogP contribution in [0.3, 0.4) is 0 Å². The van der Waals surface area contributed by atoms with Crippen LogP contribution in [-0.4, -0.2) is 9.13 Å². The Labute approximate surface area is 322 Å². The number of para-hydroxylation sites is 1. The van der Waals surface area contributed by atoms with E-state index in [1.54, 1.807) is 11.3 Å². The third kappa shape index (κ3) is 3.95. The molecule has 7 aliphatic rings. The molecule has 2 saturated carbocycles. The van der Waals surface area contributed by atoms with E-state index in [9.17, 15) is 0 Å². The molecule has 7 aliphatic carbocycles. The molecule has 0 saturated heterocycles. The van der Waals surface area contributed by atoms with Gasteiger partial charge in [-0.3, -0.25) is 0 Å². The summed E-state index contributed by atoms with van der Waals surface area (Å²) in [6.07, 6.45) is 31.1. The highest BCUT2D eigenvalue weighted by Gasteiger charge is 2.56. The highest BCUT2D eigenvalue weighted by molar-refractivity contribution is 6.11. The monoisotopic (exact) mass is 708 g/mol. The average Bonchev–Trinajstić information content (AvgIpc) is 4.09. The van der Waals surface area contributed by atoms with E-state index in [4.69, 9.17) is 0 Å². The lowest BCUT2D eigenvalue weighted by Crippen LogP contribution is -2.38. The number of aromatic nitrogens is 2. The van der Waals surface area contributed by atoms with Crippen LogP contribution in [0, 0.1) is 11.8 Å². The molecule has 6 aromatic rings. The van der Waals surface area contributed by atoms with E-state index in [-0.39, 0.29) is 11.0 Å². The first-order valence-corrected chi connectivity index (χ1v) is 20.7. The zero-order chi connectivity index (χ0) is 36.2. The van der Waals surface area contributed by atoms with E-state index < -0.39 is 0 Å². The first kappa shape index (κ1) is 30.7. The van der Waals surface area contributed by atoms with E-state index in [1.165, 1.54) is 89.0 Å². The number of hydrogen-bond donors (Lipinski definition) is 0. The maximum Gasteiger partial charge on any atom is 0.0553 e. The Balaban J connectivity index is 1.10. The Morgan fingerprint density at radius 3 is 2.56 bits per heavy atom. The van der Waals surface area contributed by atoms with Gasteiger partial charge in [-0.2, -0.15) is 0 Å². The predicted octanol–water partition coefficient (Wildman–Crippen LogP) is 11.1. The topological polar surface area (TPSA) is 9.86 Å². The molecule has 4 unspecified atom stereocenters. The van der Waals surface area contributed by atoms with Crippen LogP contribution >= 0.6 is 0 Å². The first-order chi connectivity index (χ1) is 27.0. The van der Waals surface area contributed by atoms with Crippen molar-refractivity contribution in [1.82, 2.24) is 9.13 Å². The summed E-state index contributed by atoms with van der Waals surface area (Å²) in [6, 6.07) is 30.2. The lowest BCUT2D eigenvalue weighted by molar-refractivity contribution is 0.467. The molecule has 2 nitrogen and oxygen atoms in total. The van der Waals surface area contributed by atoms with E-state index in [0.717, 1.165) is 32.1 Å². The molecular formula is C53H44N2. The minimum atomic E-state index is -0.0926. The van der Waals surface area contributed by atoms with Crippen molar-refractivity contribution in [2.75, 3.05) is 0 Å². The standard InChI is InChI=1S/C53H44N2/c1-52(2)42-23-9-6-21-40(42)49-47-34(15-4-8-24-43(47)52)29-46-50(49)48-37-19-5-3-14-32(37)16-12-26-45(48)55(46)53-27-13-18-36(30-35(53)31-53)54-44-25-10-7-20-38(44)39-22-11-17-33-28-41(33)51(39)54/h3,5-21,23-25,29-30,33,35,41H,4,22,26-28,31H2,1-2H3. The van der Waals surface area contributed by atoms with E-state index in [0.29, 0.717) is 17.8 Å². The first-order valence-electron chi connectivity index (χ1n) is 20.7. The molecule has 266 valence electrons. The van der Waals surface area contributed by atoms with Crippen LogP contribution in [0.4, 0.5) is 0 Å². The highest BCUT2D eigenvalue weighted by atomic mass is 15.1. The largest absolute Gasteiger partial charge is 0.337 e. The molecule has 2 heteroatoms. The Kier molecular flexibility index (Phi) is 5.90. The summed E-state index contributed by atoms with van der Waals surface area (Å²) in [6.45, 7) is 4.86. The molecule has 0 radical (unpaired) electrons. The number of allylic oxidation sites excluding steroid dienone is 9. The minimum absolute atomic E-state index is 0.00921. The van der Waals surface area contributed by atoms with Crippen LogP contribution in [0.1, 0.15) is 73.5 Å². The van der Waals surface area contributed by atoms with Gasteiger partial charge in [-0.25, -0.2) is 0 Å². The number of nitrogens with zero attached hydrogens (tertiary/aromatic N) is 2. The Morgan fingerprint density at radius 2 is 1.62 bits per heavy atom. The van der Waals surface area contributed by atoms with E-state index >= 15 is 0 Å². The van der Waals surface area contributed by atoms with Crippen molar-refractivity contribution in [1.29, 1.82) is 0 Å². The number of benzene rings is 4. The van der Waals surface area contributed by atoms with Crippen LogP contribution < -0.4 is 10.4 Å². The van der Waals surface area contributed by atoms with Gasteiger partial charge in [-0.15, -0.1) is 0 Å². The molecule has 0 amide bonds. The number of fused-ring (bicyclic) bond motifs is 14. The Hall–Kier alpha value is -5.60. The fourth-order valence-corrected chi connectivity index (χ4v) is 12.0. The van der Waals surface area contributed by atoms with Gasteiger partial charge in [-0.1, -0.05) is 135 Å². The molecule has 0 N–H and O–H groups in total. The van der Waals surface area contributed by atoms with Crippen LogP contribution in [0.2, 0.25) is 0 Å². The maximum absolute atomic E-state index is 2.89. The normalized spacial score (nSPS) is 25.5. The van der Waals surface area contributed by atoms with Crippen molar-refractivity contribution < 1.29 is 0 Å². The highest BCUT2D eigenvalue weighted by Crippen LogP contribution is 2.61. The van der Waals surface area contributed by atoms with Crippen molar-refractivity contribution >= 4 is 45.2 Å². The lowest BCUT2D eigenvalue weighted by Gasteiger charge is -2.34. The minimum Gasteiger partial charge on any atom is -0.337 e. The quantitative estimate of drug-likeness (QED) is 0.159. The van der Waals surface area contributed by atoms with Gasteiger partial charge in [0, 0.05) is 62.7 Å². The predicted molar refractivity (Wildman–Crippen MR) is 229 cm³/mol. The van der Waals surface area contributed by atoms with Crippen LogP contribution in [-0.2, 0) is 23.8 Å². The molecular weight excluding hydrogens is 665 g/mol. The molecule has 2 heterocycles. The second-order valence-electron chi connectivity index (χ2n) is 17.9. The van der Waals surface area contributed by atoms with Crippen molar-refractivity contribution in [2.24, 2.45) is 11.8 Å². The van der Waals surface area contributed by atoms with Crippen LogP contribution in [0.25, 0.3) is 67.5 Å². The zero-order valence-electron chi connectivity index (χ0n) is 31.6. The van der Waals surface area contributed by atoms with Gasteiger partial charge < -0.3 is 9.13 Å². The molecule has 4 aromatic carbocycles. The zero-order valence-corrected chi connectivity index (χ0v) is 31.6. The molecule has 13 rings (SSSR count). The molecule has 2 fully saturated rings. The van der Waals surface area contributed by atoms with Crippen molar-refractivity contribution in [3.63, 3.8) is 0 Å². The van der Waals surface area contributed by atoms with Gasteiger partial charge in [0.1, 0.15) is 0 Å². The van der Waals surface area contributed by atoms with Crippen LogP contribution in [0.5, 0.6) is 0 Å². The van der Waals surface area contributed by atoms with Crippen molar-refractivity contribution in [3.8, 4) is 22.3 Å². The third-order valence-corrected chi connectivity index (χ3v) is 14.7. The van der Waals surface area contributed by atoms with Gasteiger partial charge in [0.15, 0.2) is 0 Å². The SMILES string of the molecule is CC1(C)C2=c3c(c4c5c(n(C67CC=CC(n8c9c(c%10ccccc%108)CC=CC8CC98)=CC6C7)c4cc3=CCC=C2)CC=Cc2ccccc2-5)-c2ccccc21. The number of rotatable bonds is 2. The van der Waals surface area contributed by atoms with Crippen molar-refractivity contribution in [2.45, 2.75) is 69.2 Å². The Morgan fingerprint density at radius 1 is 0.764 bits per heavy atom. The molecule has 2 aromatic heterocycles. The summed E-state index contributed by atoms with van der Waals surface area (Å²) in [7, 11) is 0.